The van der Waals surface area contributed by atoms with Crippen LogP contribution in [0, 0.1) is 0 Å². The van der Waals surface area contributed by atoms with Gasteiger partial charge in [0.05, 0.1) is 17.4 Å². The number of benzene rings is 2. The number of nitrogens with zero attached hydrogens (tertiary/aromatic N) is 2. The molecule has 27 heavy (non-hydrogen) atoms. The van der Waals surface area contributed by atoms with Crippen LogP contribution >= 0.6 is 11.7 Å². The van der Waals surface area contributed by atoms with Gasteiger partial charge in [-0.15, -0.1) is 0 Å². The summed E-state index contributed by atoms with van der Waals surface area (Å²) in [6.45, 7) is -0.556. The third kappa shape index (κ3) is 3.40. The highest BCUT2D eigenvalue weighted by Crippen LogP contribution is 2.21. The number of anilines is 1. The molecular formula is C18H11N3O5S. The first-order valence-corrected chi connectivity index (χ1v) is 8.56. The molecular weight excluding hydrogens is 370 g/mol. The molecule has 4 aromatic rings. The summed E-state index contributed by atoms with van der Waals surface area (Å²) in [7, 11) is 0. The molecule has 2 aromatic carbocycles. The monoisotopic (exact) mass is 381 g/mol. The molecule has 0 aliphatic heterocycles. The van der Waals surface area contributed by atoms with E-state index in [1.807, 2.05) is 0 Å². The molecule has 134 valence electrons. The Balaban J connectivity index is 1.46. The lowest BCUT2D eigenvalue weighted by Gasteiger charge is -2.07. The number of fused-ring (bicyclic) bond motifs is 2. The molecule has 1 amide bonds. The topological polar surface area (TPSA) is 111 Å². The molecule has 0 fully saturated rings. The maximum atomic E-state index is 12.2. The number of nitrogens with one attached hydrogen (secondary N) is 1. The van der Waals surface area contributed by atoms with Crippen molar-refractivity contribution in [1.82, 2.24) is 8.75 Å². The SMILES string of the molecule is O=C(COC(=O)c1cc2ccccc2oc1=O)Nc1cccc2nsnc12. The van der Waals surface area contributed by atoms with Crippen molar-refractivity contribution in [2.75, 3.05) is 11.9 Å². The van der Waals surface area contributed by atoms with Gasteiger partial charge in [-0.3, -0.25) is 4.79 Å². The summed E-state index contributed by atoms with van der Waals surface area (Å²) in [5.41, 5.74) is 0.944. The van der Waals surface area contributed by atoms with Crippen molar-refractivity contribution in [2.45, 2.75) is 0 Å². The van der Waals surface area contributed by atoms with E-state index in [-0.39, 0.29) is 5.56 Å². The Morgan fingerprint density at radius 1 is 1.11 bits per heavy atom. The fraction of sp³-hybridized carbons (Fsp3) is 0.0556. The molecule has 4 rings (SSSR count). The van der Waals surface area contributed by atoms with E-state index >= 15 is 0 Å². The average molecular weight is 381 g/mol. The molecule has 0 unspecified atom stereocenters. The summed E-state index contributed by atoms with van der Waals surface area (Å²) in [6.07, 6.45) is 0. The third-order valence-corrected chi connectivity index (χ3v) is 4.30. The van der Waals surface area contributed by atoms with Gasteiger partial charge >= 0.3 is 11.6 Å². The van der Waals surface area contributed by atoms with E-state index in [1.165, 1.54) is 6.07 Å². The van der Waals surface area contributed by atoms with E-state index in [2.05, 4.69) is 14.1 Å². The fourth-order valence-electron chi connectivity index (χ4n) is 2.51. The molecule has 2 aromatic heterocycles. The molecule has 0 radical (unpaired) electrons. The van der Waals surface area contributed by atoms with Gasteiger partial charge in [-0.05, 0) is 24.3 Å². The van der Waals surface area contributed by atoms with Gasteiger partial charge in [0, 0.05) is 5.39 Å². The number of hydrogen-bond acceptors (Lipinski definition) is 8. The van der Waals surface area contributed by atoms with Crippen LogP contribution in [0.3, 0.4) is 0 Å². The van der Waals surface area contributed by atoms with Crippen molar-refractivity contribution < 1.29 is 18.7 Å². The standard InChI is InChI=1S/C18H11N3O5S/c22-15(19-12-5-3-6-13-16(12)21-27-20-13)9-25-17(23)11-8-10-4-1-2-7-14(10)26-18(11)24/h1-8H,9H2,(H,19,22). The second-order valence-corrected chi connectivity index (χ2v) is 6.08. The van der Waals surface area contributed by atoms with Crippen LogP contribution in [0.1, 0.15) is 10.4 Å². The van der Waals surface area contributed by atoms with Gasteiger partial charge in [0.25, 0.3) is 5.91 Å². The average Bonchev–Trinajstić information content (AvgIpc) is 3.15. The fourth-order valence-corrected chi connectivity index (χ4v) is 3.06. The predicted octanol–water partition coefficient (Wildman–Crippen LogP) is 2.59. The molecule has 9 heteroatoms. The lowest BCUT2D eigenvalue weighted by molar-refractivity contribution is -0.119. The van der Waals surface area contributed by atoms with Crippen LogP contribution in [0.15, 0.2) is 57.7 Å². The zero-order chi connectivity index (χ0) is 18.8. The number of rotatable bonds is 4. The minimum absolute atomic E-state index is 0.271. The highest BCUT2D eigenvalue weighted by molar-refractivity contribution is 7.00. The molecule has 0 aliphatic rings. The lowest BCUT2D eigenvalue weighted by atomic mass is 10.2. The molecule has 0 aliphatic carbocycles. The number of aromatic nitrogens is 2. The van der Waals surface area contributed by atoms with Gasteiger partial charge in [0.2, 0.25) is 0 Å². The molecule has 0 saturated heterocycles. The van der Waals surface area contributed by atoms with Crippen LogP contribution in [0.2, 0.25) is 0 Å². The minimum Gasteiger partial charge on any atom is -0.452 e. The number of para-hydroxylation sites is 1. The van der Waals surface area contributed by atoms with E-state index in [1.54, 1.807) is 42.5 Å². The number of carbonyl (C=O) groups is 2. The maximum Gasteiger partial charge on any atom is 0.351 e. The lowest BCUT2D eigenvalue weighted by Crippen LogP contribution is -2.23. The molecule has 0 bridgehead atoms. The zero-order valence-corrected chi connectivity index (χ0v) is 14.5. The van der Waals surface area contributed by atoms with Crippen molar-refractivity contribution in [1.29, 1.82) is 0 Å². The first kappa shape index (κ1) is 16.9. The molecule has 1 N–H and O–H groups in total. The second-order valence-electron chi connectivity index (χ2n) is 5.55. The van der Waals surface area contributed by atoms with Crippen molar-refractivity contribution in [3.8, 4) is 0 Å². The summed E-state index contributed by atoms with van der Waals surface area (Å²) in [4.78, 5) is 36.2. The maximum absolute atomic E-state index is 12.2. The van der Waals surface area contributed by atoms with Crippen molar-refractivity contribution in [3.05, 3.63) is 64.5 Å². The van der Waals surface area contributed by atoms with Crippen molar-refractivity contribution >= 4 is 51.3 Å². The third-order valence-electron chi connectivity index (χ3n) is 3.76. The largest absolute Gasteiger partial charge is 0.452 e. The Morgan fingerprint density at radius 2 is 1.96 bits per heavy atom. The van der Waals surface area contributed by atoms with Crippen molar-refractivity contribution in [2.24, 2.45) is 0 Å². The van der Waals surface area contributed by atoms with Crippen LogP contribution in [0.25, 0.3) is 22.0 Å². The number of carbonyl (C=O) groups excluding carboxylic acids is 2. The first-order valence-electron chi connectivity index (χ1n) is 7.83. The Kier molecular flexibility index (Phi) is 4.35. The van der Waals surface area contributed by atoms with E-state index in [9.17, 15) is 14.4 Å². The molecule has 2 heterocycles. The highest BCUT2D eigenvalue weighted by Gasteiger charge is 2.17. The van der Waals surface area contributed by atoms with Crippen LogP contribution in [0.5, 0.6) is 0 Å². The zero-order valence-electron chi connectivity index (χ0n) is 13.7. The van der Waals surface area contributed by atoms with Crippen molar-refractivity contribution in [3.63, 3.8) is 0 Å². The number of ether oxygens (including phenoxy) is 1. The van der Waals surface area contributed by atoms with E-state index < -0.39 is 24.1 Å². The van der Waals surface area contributed by atoms with Gasteiger partial charge in [0.1, 0.15) is 22.2 Å². The summed E-state index contributed by atoms with van der Waals surface area (Å²) >= 11 is 1.03. The van der Waals surface area contributed by atoms with Crippen LogP contribution in [-0.4, -0.2) is 27.2 Å². The number of hydrogen-bond donors (Lipinski definition) is 1. The normalized spacial score (nSPS) is 10.8. The summed E-state index contributed by atoms with van der Waals surface area (Å²) < 4.78 is 18.2. The van der Waals surface area contributed by atoms with Crippen LogP contribution in [0.4, 0.5) is 5.69 Å². The molecule has 0 spiro atoms. The van der Waals surface area contributed by atoms with Gasteiger partial charge in [-0.1, -0.05) is 24.3 Å². The van der Waals surface area contributed by atoms with E-state index in [4.69, 9.17) is 9.15 Å². The highest BCUT2D eigenvalue weighted by atomic mass is 32.1. The molecule has 8 nitrogen and oxygen atoms in total. The molecule has 0 saturated carbocycles. The quantitative estimate of drug-likeness (QED) is 0.427. The Morgan fingerprint density at radius 3 is 2.85 bits per heavy atom. The Labute approximate surface area is 155 Å². The van der Waals surface area contributed by atoms with E-state index in [0.717, 1.165) is 11.7 Å². The van der Waals surface area contributed by atoms with Gasteiger partial charge in [0.15, 0.2) is 6.61 Å². The summed E-state index contributed by atoms with van der Waals surface area (Å²) in [5, 5.41) is 3.19. The Bertz CT molecular complexity index is 1230. The predicted molar refractivity (Wildman–Crippen MR) is 98.8 cm³/mol. The van der Waals surface area contributed by atoms with E-state index in [0.29, 0.717) is 27.7 Å². The number of esters is 1. The second kappa shape index (κ2) is 6.96. The van der Waals surface area contributed by atoms with Gasteiger partial charge in [-0.25, -0.2) is 9.59 Å². The van der Waals surface area contributed by atoms with Crippen LogP contribution < -0.4 is 10.9 Å². The summed E-state index contributed by atoms with van der Waals surface area (Å²) in [5.74, 6) is -1.49. The number of amides is 1. The first-order chi connectivity index (χ1) is 13.1. The minimum atomic E-state index is -0.932. The Hall–Kier alpha value is -3.59. The van der Waals surface area contributed by atoms with Crippen LogP contribution in [-0.2, 0) is 9.53 Å². The molecule has 0 atom stereocenters. The summed E-state index contributed by atoms with van der Waals surface area (Å²) in [6, 6.07) is 13.3. The smallest absolute Gasteiger partial charge is 0.351 e. The van der Waals surface area contributed by atoms with Gasteiger partial charge < -0.3 is 14.5 Å². The van der Waals surface area contributed by atoms with Gasteiger partial charge in [-0.2, -0.15) is 8.75 Å².